The Bertz CT molecular complexity index is 1110. The molecule has 0 unspecified atom stereocenters. The van der Waals surface area contributed by atoms with Gasteiger partial charge in [0.1, 0.15) is 11.6 Å². The molecule has 4 aromatic rings. The quantitative estimate of drug-likeness (QED) is 0.499. The van der Waals surface area contributed by atoms with Crippen molar-refractivity contribution in [3.63, 3.8) is 0 Å². The second-order valence-electron chi connectivity index (χ2n) is 6.31. The van der Waals surface area contributed by atoms with Gasteiger partial charge in [-0.15, -0.1) is 11.3 Å². The van der Waals surface area contributed by atoms with E-state index in [1.54, 1.807) is 48.9 Å². The average molecular weight is 393 g/mol. The monoisotopic (exact) mass is 393 g/mol. The van der Waals surface area contributed by atoms with Crippen LogP contribution in [0.1, 0.15) is 21.5 Å². The first-order valence-electron chi connectivity index (χ1n) is 8.55. The first-order chi connectivity index (χ1) is 13.5. The molecule has 0 aliphatic carbocycles. The summed E-state index contributed by atoms with van der Waals surface area (Å²) in [5.41, 5.74) is 2.62. The maximum atomic E-state index is 14.0. The Morgan fingerprint density at radius 2 is 2.00 bits per heavy atom. The summed E-state index contributed by atoms with van der Waals surface area (Å²) in [5, 5.41) is 2.65. The highest BCUT2D eigenvalue weighted by Gasteiger charge is 2.16. The number of benzene rings is 1. The predicted octanol–water partition coefficient (Wildman–Crippen LogP) is 5.47. The number of carbonyl (C=O) groups is 1. The molecule has 0 fully saturated rings. The van der Waals surface area contributed by atoms with Crippen molar-refractivity contribution in [3.05, 3.63) is 77.7 Å². The molecule has 0 saturated carbocycles. The van der Waals surface area contributed by atoms with Gasteiger partial charge < -0.3 is 9.73 Å². The van der Waals surface area contributed by atoms with E-state index in [-0.39, 0.29) is 5.56 Å². The summed E-state index contributed by atoms with van der Waals surface area (Å²) in [6.45, 7) is 3.71. The average Bonchev–Trinajstić information content (AvgIpc) is 3.32. The molecule has 0 aliphatic rings. The first kappa shape index (κ1) is 18.1. The molecule has 1 amide bonds. The molecule has 0 saturated heterocycles. The Morgan fingerprint density at radius 1 is 1.14 bits per heavy atom. The first-order valence-corrected chi connectivity index (χ1v) is 9.37. The van der Waals surface area contributed by atoms with E-state index in [0.29, 0.717) is 11.4 Å². The second kappa shape index (κ2) is 7.36. The number of nitrogens with one attached hydrogen (secondary N) is 1. The smallest absolute Gasteiger partial charge is 0.260 e. The van der Waals surface area contributed by atoms with Gasteiger partial charge in [0.05, 0.1) is 16.6 Å². The van der Waals surface area contributed by atoms with Gasteiger partial charge in [-0.1, -0.05) is 12.1 Å². The highest BCUT2D eigenvalue weighted by molar-refractivity contribution is 7.19. The van der Waals surface area contributed by atoms with Crippen LogP contribution in [0.2, 0.25) is 0 Å². The minimum absolute atomic E-state index is 0.0270. The number of thiophene rings is 1. The Kier molecular flexibility index (Phi) is 4.75. The van der Waals surface area contributed by atoms with E-state index in [9.17, 15) is 9.18 Å². The van der Waals surface area contributed by atoms with Crippen molar-refractivity contribution in [1.82, 2.24) is 9.97 Å². The van der Waals surface area contributed by atoms with Crippen LogP contribution < -0.4 is 5.32 Å². The van der Waals surface area contributed by atoms with Crippen LogP contribution in [0.3, 0.4) is 0 Å². The van der Waals surface area contributed by atoms with Crippen molar-refractivity contribution < 1.29 is 13.6 Å². The van der Waals surface area contributed by atoms with Gasteiger partial charge in [-0.25, -0.2) is 14.4 Å². The van der Waals surface area contributed by atoms with Crippen LogP contribution in [0.15, 0.2) is 59.6 Å². The number of aromatic nitrogens is 2. The van der Waals surface area contributed by atoms with E-state index in [2.05, 4.69) is 15.3 Å². The number of nitrogens with zero attached hydrogens (tertiary/aromatic N) is 2. The van der Waals surface area contributed by atoms with E-state index >= 15 is 0 Å². The number of aryl methyl sites for hydroxylation is 2. The highest BCUT2D eigenvalue weighted by atomic mass is 32.1. The van der Waals surface area contributed by atoms with Gasteiger partial charge in [-0.3, -0.25) is 4.79 Å². The Hall–Kier alpha value is -3.32. The number of anilines is 1. The van der Waals surface area contributed by atoms with E-state index < -0.39 is 11.7 Å². The highest BCUT2D eigenvalue weighted by Crippen LogP contribution is 2.37. The molecule has 5 nitrogen and oxygen atoms in total. The van der Waals surface area contributed by atoms with Gasteiger partial charge in [0.2, 0.25) is 0 Å². The van der Waals surface area contributed by atoms with Crippen LogP contribution in [-0.2, 0) is 0 Å². The number of hydrogen-bond donors (Lipinski definition) is 1. The molecule has 0 radical (unpaired) electrons. The van der Waals surface area contributed by atoms with Gasteiger partial charge >= 0.3 is 0 Å². The number of oxazole rings is 1. The summed E-state index contributed by atoms with van der Waals surface area (Å²) < 4.78 is 19.3. The third kappa shape index (κ3) is 3.44. The Balaban J connectivity index is 1.56. The SMILES string of the molecule is Cc1cc(-c2cnco2)sc1-c1ccc(NC(=O)c2c(C)cccc2F)nc1. The summed E-state index contributed by atoms with van der Waals surface area (Å²) in [7, 11) is 0. The van der Waals surface area contributed by atoms with E-state index in [1.165, 1.54) is 12.5 Å². The van der Waals surface area contributed by atoms with Crippen molar-refractivity contribution in [2.45, 2.75) is 13.8 Å². The predicted molar refractivity (Wildman–Crippen MR) is 107 cm³/mol. The van der Waals surface area contributed by atoms with Gasteiger partial charge in [0.15, 0.2) is 12.2 Å². The minimum Gasteiger partial charge on any atom is -0.443 e. The molecule has 7 heteroatoms. The van der Waals surface area contributed by atoms with Gasteiger partial charge in [0.25, 0.3) is 5.91 Å². The summed E-state index contributed by atoms with van der Waals surface area (Å²) in [6, 6.07) is 10.2. The van der Waals surface area contributed by atoms with Crippen LogP contribution in [0.5, 0.6) is 0 Å². The fraction of sp³-hybridized carbons (Fsp3) is 0.0952. The Morgan fingerprint density at radius 3 is 2.68 bits per heavy atom. The summed E-state index contributed by atoms with van der Waals surface area (Å²) >= 11 is 1.58. The molecule has 3 aromatic heterocycles. The molecule has 140 valence electrons. The summed E-state index contributed by atoms with van der Waals surface area (Å²) in [6.07, 6.45) is 4.77. The number of rotatable bonds is 4. The number of carbonyl (C=O) groups excluding carboxylic acids is 1. The molecule has 1 aromatic carbocycles. The van der Waals surface area contributed by atoms with Crippen molar-refractivity contribution in [3.8, 4) is 21.1 Å². The maximum absolute atomic E-state index is 14.0. The molecular weight excluding hydrogens is 377 g/mol. The lowest BCUT2D eigenvalue weighted by atomic mass is 10.1. The summed E-state index contributed by atoms with van der Waals surface area (Å²) in [5.74, 6) is 0.0107. The van der Waals surface area contributed by atoms with Crippen LogP contribution in [0.25, 0.3) is 21.1 Å². The fourth-order valence-electron chi connectivity index (χ4n) is 2.93. The largest absolute Gasteiger partial charge is 0.443 e. The van der Waals surface area contributed by atoms with Gasteiger partial charge in [-0.05, 0) is 49.2 Å². The number of hydrogen-bond acceptors (Lipinski definition) is 5. The standard InChI is InChI=1S/C21H16FN3O2S/c1-12-4-3-5-15(22)19(12)21(26)25-18-7-6-14(9-24-18)20-13(2)8-17(28-20)16-10-23-11-27-16/h3-11H,1-2H3,(H,24,25,26). The number of pyridine rings is 1. The molecule has 0 atom stereocenters. The normalized spacial score (nSPS) is 10.8. The molecule has 0 spiro atoms. The zero-order valence-corrected chi connectivity index (χ0v) is 16.0. The lowest BCUT2D eigenvalue weighted by Gasteiger charge is -2.08. The third-order valence-electron chi connectivity index (χ3n) is 4.31. The zero-order chi connectivity index (χ0) is 19.7. The molecule has 3 heterocycles. The van der Waals surface area contributed by atoms with Crippen molar-refractivity contribution in [2.24, 2.45) is 0 Å². The lowest BCUT2D eigenvalue weighted by molar-refractivity contribution is 0.102. The topological polar surface area (TPSA) is 68.0 Å². The molecule has 28 heavy (non-hydrogen) atoms. The summed E-state index contributed by atoms with van der Waals surface area (Å²) in [4.78, 5) is 22.7. The molecule has 0 aliphatic heterocycles. The van der Waals surface area contributed by atoms with Crippen LogP contribution in [0, 0.1) is 19.7 Å². The van der Waals surface area contributed by atoms with E-state index in [4.69, 9.17) is 4.42 Å². The van der Waals surface area contributed by atoms with Crippen LogP contribution in [0.4, 0.5) is 10.2 Å². The van der Waals surface area contributed by atoms with E-state index in [1.807, 2.05) is 19.1 Å². The molecular formula is C21H16FN3O2S. The molecule has 0 bridgehead atoms. The Labute approximate surface area is 164 Å². The van der Waals surface area contributed by atoms with Crippen LogP contribution >= 0.6 is 11.3 Å². The maximum Gasteiger partial charge on any atom is 0.260 e. The van der Waals surface area contributed by atoms with Crippen molar-refractivity contribution in [2.75, 3.05) is 5.32 Å². The fourth-order valence-corrected chi connectivity index (χ4v) is 4.04. The van der Waals surface area contributed by atoms with Crippen molar-refractivity contribution in [1.29, 1.82) is 0 Å². The second-order valence-corrected chi connectivity index (χ2v) is 7.36. The number of amides is 1. The third-order valence-corrected chi connectivity index (χ3v) is 5.61. The van der Waals surface area contributed by atoms with Crippen molar-refractivity contribution >= 4 is 23.1 Å². The van der Waals surface area contributed by atoms with Crippen LogP contribution in [-0.4, -0.2) is 15.9 Å². The van der Waals surface area contributed by atoms with Gasteiger partial charge in [-0.2, -0.15) is 0 Å². The zero-order valence-electron chi connectivity index (χ0n) is 15.2. The molecule has 4 rings (SSSR count). The minimum atomic E-state index is -0.553. The number of halogens is 1. The lowest BCUT2D eigenvalue weighted by Crippen LogP contribution is -2.16. The molecule has 1 N–H and O–H groups in total. The van der Waals surface area contributed by atoms with E-state index in [0.717, 1.165) is 26.6 Å². The van der Waals surface area contributed by atoms with Gasteiger partial charge in [0, 0.05) is 16.6 Å².